The highest BCUT2D eigenvalue weighted by Gasteiger charge is 2.44. The van der Waals surface area contributed by atoms with Crippen LogP contribution in [0.5, 0.6) is 0 Å². The fourth-order valence-electron chi connectivity index (χ4n) is 1.65. The number of aliphatic carboxylic acids is 1. The van der Waals surface area contributed by atoms with Crippen LogP contribution in [-0.2, 0) is 14.4 Å². The van der Waals surface area contributed by atoms with Crippen molar-refractivity contribution in [2.45, 2.75) is 32.7 Å². The van der Waals surface area contributed by atoms with Crippen molar-refractivity contribution in [2.24, 2.45) is 11.1 Å². The van der Waals surface area contributed by atoms with Crippen molar-refractivity contribution in [3.05, 3.63) is 0 Å². The standard InChI is InChI=1S/C10H16N2O4/c1-10(2)5-7(13)12(9(10)16)4-3-6(11)8(14)15/h6H,3-5,11H2,1-2H3,(H,14,15). The lowest BCUT2D eigenvalue weighted by Crippen LogP contribution is -2.39. The van der Waals surface area contributed by atoms with Gasteiger partial charge in [0.1, 0.15) is 6.04 Å². The first-order valence-corrected chi connectivity index (χ1v) is 5.09. The van der Waals surface area contributed by atoms with E-state index in [9.17, 15) is 14.4 Å². The van der Waals surface area contributed by atoms with Crippen molar-refractivity contribution in [1.82, 2.24) is 4.90 Å². The number of nitrogens with two attached hydrogens (primary N) is 1. The number of carbonyl (C=O) groups excluding carboxylic acids is 2. The molecule has 0 aromatic rings. The summed E-state index contributed by atoms with van der Waals surface area (Å²) in [5.41, 5.74) is 4.63. The monoisotopic (exact) mass is 228 g/mol. The SMILES string of the molecule is CC1(C)CC(=O)N(CCC(N)C(=O)O)C1=O. The number of imide groups is 1. The lowest BCUT2D eigenvalue weighted by Gasteiger charge is -2.18. The third-order valence-corrected chi connectivity index (χ3v) is 2.70. The van der Waals surface area contributed by atoms with Gasteiger partial charge in [-0.05, 0) is 6.42 Å². The first-order chi connectivity index (χ1) is 7.25. The summed E-state index contributed by atoms with van der Waals surface area (Å²) < 4.78 is 0. The van der Waals surface area contributed by atoms with Gasteiger partial charge in [-0.2, -0.15) is 0 Å². The highest BCUT2D eigenvalue weighted by Crippen LogP contribution is 2.31. The van der Waals surface area contributed by atoms with E-state index in [2.05, 4.69) is 0 Å². The van der Waals surface area contributed by atoms with E-state index in [1.54, 1.807) is 13.8 Å². The van der Waals surface area contributed by atoms with Crippen LogP contribution in [0.25, 0.3) is 0 Å². The Morgan fingerprint density at radius 1 is 1.56 bits per heavy atom. The number of hydrogen-bond acceptors (Lipinski definition) is 4. The van der Waals surface area contributed by atoms with Gasteiger partial charge in [-0.1, -0.05) is 13.8 Å². The summed E-state index contributed by atoms with van der Waals surface area (Å²) in [5.74, 6) is -1.64. The highest BCUT2D eigenvalue weighted by atomic mass is 16.4. The summed E-state index contributed by atoms with van der Waals surface area (Å²) in [6.07, 6.45) is 0.261. The molecule has 0 saturated carbocycles. The van der Waals surface area contributed by atoms with Crippen LogP contribution < -0.4 is 5.73 Å². The Hall–Kier alpha value is -1.43. The molecule has 1 aliphatic rings. The largest absolute Gasteiger partial charge is 0.480 e. The number of carbonyl (C=O) groups is 3. The van der Waals surface area contributed by atoms with Crippen LogP contribution in [-0.4, -0.2) is 40.4 Å². The Morgan fingerprint density at radius 3 is 2.50 bits per heavy atom. The minimum absolute atomic E-state index is 0.0779. The molecule has 1 saturated heterocycles. The van der Waals surface area contributed by atoms with Crippen molar-refractivity contribution in [3.63, 3.8) is 0 Å². The average molecular weight is 228 g/mol. The van der Waals surface area contributed by atoms with Crippen molar-refractivity contribution in [1.29, 1.82) is 0 Å². The first-order valence-electron chi connectivity index (χ1n) is 5.09. The molecule has 2 amide bonds. The van der Waals surface area contributed by atoms with Crippen molar-refractivity contribution in [3.8, 4) is 0 Å². The first kappa shape index (κ1) is 12.6. The van der Waals surface area contributed by atoms with Crippen molar-refractivity contribution >= 4 is 17.8 Å². The van der Waals surface area contributed by atoms with Gasteiger partial charge in [0.25, 0.3) is 0 Å². The second kappa shape index (κ2) is 4.21. The minimum Gasteiger partial charge on any atom is -0.480 e. The van der Waals surface area contributed by atoms with Gasteiger partial charge in [0.15, 0.2) is 0 Å². The maximum Gasteiger partial charge on any atom is 0.320 e. The van der Waals surface area contributed by atoms with Crippen LogP contribution >= 0.6 is 0 Å². The highest BCUT2D eigenvalue weighted by molar-refractivity contribution is 6.05. The van der Waals surface area contributed by atoms with Crippen LogP contribution in [0.2, 0.25) is 0 Å². The number of carboxylic acid groups (broad SMARTS) is 1. The number of amides is 2. The molecule has 16 heavy (non-hydrogen) atoms. The molecule has 6 nitrogen and oxygen atoms in total. The van der Waals surface area contributed by atoms with Gasteiger partial charge < -0.3 is 10.8 Å². The molecule has 1 rings (SSSR count). The van der Waals surface area contributed by atoms with Gasteiger partial charge >= 0.3 is 5.97 Å². The smallest absolute Gasteiger partial charge is 0.320 e. The normalized spacial score (nSPS) is 21.3. The molecule has 1 atom stereocenters. The maximum atomic E-state index is 11.7. The fraction of sp³-hybridized carbons (Fsp3) is 0.700. The average Bonchev–Trinajstić information content (AvgIpc) is 2.34. The fourth-order valence-corrected chi connectivity index (χ4v) is 1.65. The third-order valence-electron chi connectivity index (χ3n) is 2.70. The number of likely N-dealkylation sites (tertiary alicyclic amines) is 1. The van der Waals surface area contributed by atoms with Crippen LogP contribution in [0.4, 0.5) is 0 Å². The molecule has 0 radical (unpaired) electrons. The number of hydrogen-bond donors (Lipinski definition) is 2. The molecule has 1 unspecified atom stereocenters. The van der Waals surface area contributed by atoms with E-state index < -0.39 is 17.4 Å². The summed E-state index contributed by atoms with van der Waals surface area (Å²) in [6.45, 7) is 3.48. The van der Waals surface area contributed by atoms with E-state index in [1.165, 1.54) is 0 Å². The third kappa shape index (κ3) is 2.38. The maximum absolute atomic E-state index is 11.7. The van der Waals surface area contributed by atoms with E-state index in [1.807, 2.05) is 0 Å². The Labute approximate surface area is 93.4 Å². The molecule has 0 aromatic heterocycles. The van der Waals surface area contributed by atoms with Gasteiger partial charge in [0.2, 0.25) is 11.8 Å². The summed E-state index contributed by atoms with van der Waals surface area (Å²) >= 11 is 0. The lowest BCUT2D eigenvalue weighted by molar-refractivity contribution is -0.143. The van der Waals surface area contributed by atoms with Crippen LogP contribution in [0.15, 0.2) is 0 Å². The van der Waals surface area contributed by atoms with E-state index in [4.69, 9.17) is 10.8 Å². The second-order valence-electron chi connectivity index (χ2n) is 4.64. The molecule has 0 spiro atoms. The van der Waals surface area contributed by atoms with Gasteiger partial charge in [-0.25, -0.2) is 0 Å². The number of carboxylic acids is 1. The van der Waals surface area contributed by atoms with Gasteiger partial charge in [-0.15, -0.1) is 0 Å². The van der Waals surface area contributed by atoms with Gasteiger partial charge in [0, 0.05) is 13.0 Å². The Balaban J connectivity index is 2.59. The molecule has 0 aromatic carbocycles. The summed E-state index contributed by atoms with van der Waals surface area (Å²) in [4.78, 5) is 34.8. The molecule has 0 aliphatic carbocycles. The van der Waals surface area contributed by atoms with E-state index in [-0.39, 0.29) is 31.2 Å². The zero-order valence-electron chi connectivity index (χ0n) is 9.40. The summed E-state index contributed by atoms with van der Waals surface area (Å²) in [6, 6.07) is -1.04. The van der Waals surface area contributed by atoms with E-state index in [0.29, 0.717) is 0 Å². The topological polar surface area (TPSA) is 101 Å². The zero-order valence-corrected chi connectivity index (χ0v) is 9.40. The van der Waals surface area contributed by atoms with E-state index >= 15 is 0 Å². The van der Waals surface area contributed by atoms with Crippen LogP contribution in [0, 0.1) is 5.41 Å². The Kier molecular flexibility index (Phi) is 3.32. The lowest BCUT2D eigenvalue weighted by atomic mass is 9.92. The quantitative estimate of drug-likeness (QED) is 0.636. The Bertz CT molecular complexity index is 338. The summed E-state index contributed by atoms with van der Waals surface area (Å²) in [5, 5.41) is 8.58. The van der Waals surface area contributed by atoms with Gasteiger partial charge in [-0.3, -0.25) is 19.3 Å². The predicted molar refractivity (Wildman–Crippen MR) is 55.3 cm³/mol. The molecule has 0 bridgehead atoms. The molecular formula is C10H16N2O4. The molecular weight excluding hydrogens is 212 g/mol. The molecule has 3 N–H and O–H groups in total. The molecule has 1 aliphatic heterocycles. The molecule has 1 fully saturated rings. The van der Waals surface area contributed by atoms with Crippen LogP contribution in [0.3, 0.4) is 0 Å². The predicted octanol–water partition coefficient (Wildman–Crippen LogP) is -0.426. The van der Waals surface area contributed by atoms with Crippen molar-refractivity contribution < 1.29 is 19.5 Å². The number of rotatable bonds is 4. The second-order valence-corrected chi connectivity index (χ2v) is 4.64. The van der Waals surface area contributed by atoms with E-state index in [0.717, 1.165) is 4.90 Å². The molecule has 90 valence electrons. The number of nitrogens with zero attached hydrogens (tertiary/aromatic N) is 1. The molecule has 6 heteroatoms. The van der Waals surface area contributed by atoms with Crippen LogP contribution in [0.1, 0.15) is 26.7 Å². The zero-order chi connectivity index (χ0) is 12.5. The molecule has 1 heterocycles. The summed E-state index contributed by atoms with van der Waals surface area (Å²) in [7, 11) is 0. The van der Waals surface area contributed by atoms with Crippen molar-refractivity contribution in [2.75, 3.05) is 6.54 Å². The minimum atomic E-state index is -1.13. The Morgan fingerprint density at radius 2 is 2.12 bits per heavy atom. The van der Waals surface area contributed by atoms with Gasteiger partial charge in [0.05, 0.1) is 5.41 Å².